The molecule has 0 bridgehead atoms. The third kappa shape index (κ3) is 21.9. The molecule has 0 N–H and O–H groups in total. The fourth-order valence-corrected chi connectivity index (χ4v) is 7.92. The minimum Gasteiger partial charge on any atom is -0.398 e. The molecule has 0 unspecified atom stereocenters. The first kappa shape index (κ1) is 38.2. The standard InChI is InChI=1S/C30H68N2O4Si2/c1-31(27-21-15-17-23-29-37(7,33-3)34-4)25-19-13-11-9-10-12-14-20-26-32(2)28-22-16-18-24-30-38(8,35-5)36-6/h9-30H2,1-8H3. The highest BCUT2D eigenvalue weighted by molar-refractivity contribution is 6.66. The van der Waals surface area contributed by atoms with Gasteiger partial charge in [0.2, 0.25) is 0 Å². The molecular weight excluding hydrogens is 509 g/mol. The minimum absolute atomic E-state index is 1.11. The summed E-state index contributed by atoms with van der Waals surface area (Å²) in [5, 5.41) is 0. The molecule has 6 nitrogen and oxygen atoms in total. The molecule has 0 aromatic carbocycles. The van der Waals surface area contributed by atoms with Gasteiger partial charge in [-0.15, -0.1) is 0 Å². The van der Waals surface area contributed by atoms with E-state index in [1.54, 1.807) is 28.4 Å². The normalized spacial score (nSPS) is 12.8. The average Bonchev–Trinajstić information content (AvgIpc) is 2.93. The Balaban J connectivity index is 3.41. The van der Waals surface area contributed by atoms with Crippen LogP contribution in [0.5, 0.6) is 0 Å². The fraction of sp³-hybridized carbons (Fsp3) is 1.00. The first-order valence-electron chi connectivity index (χ1n) is 15.8. The van der Waals surface area contributed by atoms with Crippen molar-refractivity contribution in [1.29, 1.82) is 0 Å². The van der Waals surface area contributed by atoms with E-state index in [0.717, 1.165) is 12.1 Å². The van der Waals surface area contributed by atoms with Gasteiger partial charge in [-0.2, -0.15) is 0 Å². The van der Waals surface area contributed by atoms with Crippen LogP contribution in [-0.2, 0) is 17.7 Å². The van der Waals surface area contributed by atoms with Crippen molar-refractivity contribution in [3.8, 4) is 0 Å². The van der Waals surface area contributed by atoms with Gasteiger partial charge < -0.3 is 27.5 Å². The zero-order valence-corrected chi connectivity index (χ0v) is 29.1. The van der Waals surface area contributed by atoms with Gasteiger partial charge in [-0.3, -0.25) is 0 Å². The highest BCUT2D eigenvalue weighted by Gasteiger charge is 2.28. The molecule has 0 aliphatic rings. The van der Waals surface area contributed by atoms with Gasteiger partial charge in [-0.25, -0.2) is 0 Å². The third-order valence-corrected chi connectivity index (χ3v) is 14.4. The van der Waals surface area contributed by atoms with Gasteiger partial charge in [0.25, 0.3) is 0 Å². The van der Waals surface area contributed by atoms with Crippen molar-refractivity contribution in [1.82, 2.24) is 9.80 Å². The van der Waals surface area contributed by atoms with Gasteiger partial charge in [0, 0.05) is 28.4 Å². The van der Waals surface area contributed by atoms with E-state index in [1.165, 1.54) is 129 Å². The van der Waals surface area contributed by atoms with Crippen LogP contribution in [0.1, 0.15) is 103 Å². The van der Waals surface area contributed by atoms with Crippen molar-refractivity contribution < 1.29 is 17.7 Å². The van der Waals surface area contributed by atoms with Gasteiger partial charge in [-0.05, 0) is 91.1 Å². The first-order valence-corrected chi connectivity index (χ1v) is 20.9. The number of unbranched alkanes of at least 4 members (excludes halogenated alkanes) is 13. The molecule has 0 aliphatic heterocycles. The molecule has 8 heteroatoms. The Bertz CT molecular complexity index is 465. The molecule has 0 spiro atoms. The quantitative estimate of drug-likeness (QED) is 0.0668. The lowest BCUT2D eigenvalue weighted by Gasteiger charge is -2.22. The molecule has 0 rings (SSSR count). The van der Waals surface area contributed by atoms with E-state index in [9.17, 15) is 0 Å². The van der Waals surface area contributed by atoms with E-state index >= 15 is 0 Å². The molecule has 0 heterocycles. The molecule has 0 aromatic heterocycles. The Morgan fingerprint density at radius 1 is 0.368 bits per heavy atom. The van der Waals surface area contributed by atoms with Crippen molar-refractivity contribution >= 4 is 17.1 Å². The van der Waals surface area contributed by atoms with Gasteiger partial charge in [0.15, 0.2) is 0 Å². The molecule has 230 valence electrons. The van der Waals surface area contributed by atoms with Crippen LogP contribution in [0.15, 0.2) is 0 Å². The summed E-state index contributed by atoms with van der Waals surface area (Å²) in [5.41, 5.74) is 0. The van der Waals surface area contributed by atoms with E-state index in [4.69, 9.17) is 17.7 Å². The van der Waals surface area contributed by atoms with E-state index in [-0.39, 0.29) is 0 Å². The van der Waals surface area contributed by atoms with E-state index in [2.05, 4.69) is 37.0 Å². The fourth-order valence-electron chi connectivity index (χ4n) is 4.99. The monoisotopic (exact) mass is 576 g/mol. The summed E-state index contributed by atoms with van der Waals surface area (Å²) in [7, 11) is 8.04. The molecule has 0 saturated carbocycles. The predicted octanol–water partition coefficient (Wildman–Crippen LogP) is 7.82. The minimum atomic E-state index is -1.85. The maximum Gasteiger partial charge on any atom is 0.334 e. The molecular formula is C30H68N2O4Si2. The number of rotatable bonds is 29. The summed E-state index contributed by atoms with van der Waals surface area (Å²) in [4.78, 5) is 5.05. The van der Waals surface area contributed by atoms with Gasteiger partial charge in [0.1, 0.15) is 0 Å². The summed E-state index contributed by atoms with van der Waals surface area (Å²) < 4.78 is 22.3. The Labute approximate surface area is 241 Å². The summed E-state index contributed by atoms with van der Waals surface area (Å²) in [6.07, 6.45) is 21.5. The van der Waals surface area contributed by atoms with Crippen LogP contribution in [0.25, 0.3) is 0 Å². The maximum atomic E-state index is 5.57. The van der Waals surface area contributed by atoms with E-state index in [0.29, 0.717) is 0 Å². The van der Waals surface area contributed by atoms with Crippen LogP contribution in [0.2, 0.25) is 25.2 Å². The van der Waals surface area contributed by atoms with Gasteiger partial charge in [-0.1, -0.05) is 77.0 Å². The maximum absolute atomic E-state index is 5.57. The highest BCUT2D eigenvalue weighted by Crippen LogP contribution is 2.18. The van der Waals surface area contributed by atoms with Crippen molar-refractivity contribution in [2.75, 3.05) is 68.7 Å². The van der Waals surface area contributed by atoms with E-state index < -0.39 is 17.1 Å². The zero-order chi connectivity index (χ0) is 28.5. The molecule has 38 heavy (non-hydrogen) atoms. The highest BCUT2D eigenvalue weighted by atomic mass is 28.4. The zero-order valence-electron chi connectivity index (χ0n) is 27.1. The number of nitrogens with zero attached hydrogens (tertiary/aromatic N) is 2. The Hall–Kier alpha value is 0.194. The Morgan fingerprint density at radius 2 is 0.579 bits per heavy atom. The lowest BCUT2D eigenvalue weighted by atomic mass is 10.1. The van der Waals surface area contributed by atoms with Crippen LogP contribution >= 0.6 is 0 Å². The second kappa shape index (κ2) is 24.9. The van der Waals surface area contributed by atoms with Crippen LogP contribution in [-0.4, -0.2) is 95.6 Å². The lowest BCUT2D eigenvalue weighted by molar-refractivity contribution is 0.247. The third-order valence-electron chi connectivity index (χ3n) is 8.40. The molecule has 0 saturated heterocycles. The van der Waals surface area contributed by atoms with Crippen molar-refractivity contribution in [3.63, 3.8) is 0 Å². The summed E-state index contributed by atoms with van der Waals surface area (Å²) >= 11 is 0. The molecule has 0 atom stereocenters. The topological polar surface area (TPSA) is 43.4 Å². The summed E-state index contributed by atoms with van der Waals surface area (Å²) in [6.45, 7) is 9.31. The number of hydrogen-bond acceptors (Lipinski definition) is 6. The predicted molar refractivity (Wildman–Crippen MR) is 170 cm³/mol. The van der Waals surface area contributed by atoms with Crippen LogP contribution < -0.4 is 0 Å². The van der Waals surface area contributed by atoms with E-state index in [1.807, 2.05) is 0 Å². The smallest absolute Gasteiger partial charge is 0.334 e. The molecule has 0 aromatic rings. The van der Waals surface area contributed by atoms with Crippen LogP contribution in [0.3, 0.4) is 0 Å². The number of hydrogen-bond donors (Lipinski definition) is 0. The largest absolute Gasteiger partial charge is 0.398 e. The van der Waals surface area contributed by atoms with Crippen LogP contribution in [0, 0.1) is 0 Å². The van der Waals surface area contributed by atoms with Crippen LogP contribution in [0.4, 0.5) is 0 Å². The first-order chi connectivity index (χ1) is 18.2. The van der Waals surface area contributed by atoms with Crippen molar-refractivity contribution in [2.24, 2.45) is 0 Å². The lowest BCUT2D eigenvalue weighted by Crippen LogP contribution is -2.35. The SMILES string of the molecule is CO[Si](C)(CCCCCCN(C)CCCCCCCCCCN(C)CCCCCC[Si](C)(OC)OC)OC. The van der Waals surface area contributed by atoms with Crippen molar-refractivity contribution in [3.05, 3.63) is 0 Å². The molecule has 0 aliphatic carbocycles. The Kier molecular flexibility index (Phi) is 25.1. The molecule has 0 fully saturated rings. The van der Waals surface area contributed by atoms with Crippen molar-refractivity contribution in [2.45, 2.75) is 128 Å². The summed E-state index contributed by atoms with van der Waals surface area (Å²) in [5.74, 6) is 0. The van der Waals surface area contributed by atoms with Gasteiger partial charge >= 0.3 is 17.1 Å². The van der Waals surface area contributed by atoms with Gasteiger partial charge in [0.05, 0.1) is 0 Å². The average molecular weight is 577 g/mol. The molecule has 0 radical (unpaired) electrons. The Morgan fingerprint density at radius 3 is 0.816 bits per heavy atom. The summed E-state index contributed by atoms with van der Waals surface area (Å²) in [6, 6.07) is 2.22. The molecule has 0 amide bonds. The second-order valence-corrected chi connectivity index (χ2v) is 19.0. The second-order valence-electron chi connectivity index (χ2n) is 11.8.